The minimum Gasteiger partial charge on any atom is -0.396 e. The monoisotopic (exact) mass is 299 g/mol. The van der Waals surface area contributed by atoms with E-state index < -0.39 is 0 Å². The molecule has 0 aliphatic rings. The van der Waals surface area contributed by atoms with Crippen molar-refractivity contribution in [3.05, 3.63) is 33.8 Å². The van der Waals surface area contributed by atoms with Crippen molar-refractivity contribution < 1.29 is 9.90 Å². The highest BCUT2D eigenvalue weighted by Crippen LogP contribution is 2.17. The van der Waals surface area contributed by atoms with Crippen molar-refractivity contribution in [2.45, 2.75) is 20.3 Å². The van der Waals surface area contributed by atoms with E-state index in [-0.39, 0.29) is 12.5 Å². The maximum Gasteiger partial charge on any atom is 0.254 e. The van der Waals surface area contributed by atoms with Gasteiger partial charge in [0.2, 0.25) is 0 Å². The number of hydrogen-bond donors (Lipinski definition) is 1. The molecule has 1 aromatic carbocycles. The molecule has 0 heterocycles. The largest absolute Gasteiger partial charge is 0.396 e. The fourth-order valence-electron chi connectivity index (χ4n) is 1.66. The van der Waals surface area contributed by atoms with Gasteiger partial charge in [0.15, 0.2) is 0 Å². The van der Waals surface area contributed by atoms with E-state index in [0.29, 0.717) is 19.5 Å². The lowest BCUT2D eigenvalue weighted by Crippen LogP contribution is -2.32. The Labute approximate surface area is 111 Å². The first kappa shape index (κ1) is 14.2. The van der Waals surface area contributed by atoms with Crippen LogP contribution in [0.1, 0.15) is 29.3 Å². The van der Waals surface area contributed by atoms with Crippen molar-refractivity contribution in [1.82, 2.24) is 4.90 Å². The molecule has 1 amide bonds. The molecule has 0 bridgehead atoms. The zero-order valence-corrected chi connectivity index (χ0v) is 11.8. The van der Waals surface area contributed by atoms with Gasteiger partial charge in [-0.15, -0.1) is 0 Å². The Morgan fingerprint density at radius 2 is 2.18 bits per heavy atom. The van der Waals surface area contributed by atoms with Gasteiger partial charge in [-0.05, 0) is 38.0 Å². The summed E-state index contributed by atoms with van der Waals surface area (Å²) in [5.74, 6) is 0.0275. The average Bonchev–Trinajstić information content (AvgIpc) is 2.33. The second kappa shape index (κ2) is 6.77. The van der Waals surface area contributed by atoms with Crippen LogP contribution in [0.2, 0.25) is 0 Å². The third kappa shape index (κ3) is 3.82. The number of carbonyl (C=O) groups excluding carboxylic acids is 1. The minimum atomic E-state index is 0.0275. The van der Waals surface area contributed by atoms with Crippen LogP contribution < -0.4 is 0 Å². The quantitative estimate of drug-likeness (QED) is 0.908. The molecule has 0 aliphatic heterocycles. The molecule has 3 nitrogen and oxygen atoms in total. The van der Waals surface area contributed by atoms with Crippen molar-refractivity contribution >= 4 is 21.8 Å². The van der Waals surface area contributed by atoms with Crippen LogP contribution in [0.5, 0.6) is 0 Å². The van der Waals surface area contributed by atoms with Crippen molar-refractivity contribution in [3.8, 4) is 0 Å². The molecule has 1 N–H and O–H groups in total. The van der Waals surface area contributed by atoms with Crippen molar-refractivity contribution in [1.29, 1.82) is 0 Å². The van der Waals surface area contributed by atoms with E-state index in [4.69, 9.17) is 5.11 Å². The lowest BCUT2D eigenvalue weighted by atomic mass is 10.1. The second-order valence-electron chi connectivity index (χ2n) is 3.92. The van der Waals surface area contributed by atoms with Gasteiger partial charge in [0.1, 0.15) is 0 Å². The van der Waals surface area contributed by atoms with E-state index in [1.807, 2.05) is 32.0 Å². The van der Waals surface area contributed by atoms with Crippen LogP contribution in [0.3, 0.4) is 0 Å². The zero-order valence-electron chi connectivity index (χ0n) is 10.2. The Hall–Kier alpha value is -0.870. The first-order chi connectivity index (χ1) is 8.10. The lowest BCUT2D eigenvalue weighted by molar-refractivity contribution is 0.0753. The zero-order chi connectivity index (χ0) is 12.8. The van der Waals surface area contributed by atoms with Crippen molar-refractivity contribution in [2.75, 3.05) is 19.7 Å². The Bertz CT molecular complexity index is 393. The number of amides is 1. The third-order valence-electron chi connectivity index (χ3n) is 2.69. The maximum atomic E-state index is 12.3. The van der Waals surface area contributed by atoms with Crippen molar-refractivity contribution in [2.24, 2.45) is 0 Å². The van der Waals surface area contributed by atoms with Gasteiger partial charge in [-0.2, -0.15) is 0 Å². The standard InChI is InChI=1S/C13H18BrNO2/c1-3-15(7-4-8-16)13(17)12-9-11(14)6-5-10(12)2/h5-6,9,16H,3-4,7-8H2,1-2H3. The van der Waals surface area contributed by atoms with Crippen LogP contribution in [0.15, 0.2) is 22.7 Å². The SMILES string of the molecule is CCN(CCCO)C(=O)c1cc(Br)ccc1C. The van der Waals surface area contributed by atoms with E-state index in [1.165, 1.54) is 0 Å². The van der Waals surface area contributed by atoms with E-state index in [1.54, 1.807) is 4.90 Å². The van der Waals surface area contributed by atoms with Gasteiger partial charge in [0, 0.05) is 29.7 Å². The van der Waals surface area contributed by atoms with Gasteiger partial charge in [-0.1, -0.05) is 22.0 Å². The molecule has 1 rings (SSSR count). The molecule has 17 heavy (non-hydrogen) atoms. The first-order valence-corrected chi connectivity index (χ1v) is 6.55. The van der Waals surface area contributed by atoms with Gasteiger partial charge in [-0.25, -0.2) is 0 Å². The summed E-state index contributed by atoms with van der Waals surface area (Å²) in [5, 5.41) is 8.82. The molecule has 0 aliphatic carbocycles. The third-order valence-corrected chi connectivity index (χ3v) is 3.18. The molecule has 4 heteroatoms. The summed E-state index contributed by atoms with van der Waals surface area (Å²) in [6.07, 6.45) is 0.618. The number of aliphatic hydroxyl groups is 1. The second-order valence-corrected chi connectivity index (χ2v) is 4.84. The summed E-state index contributed by atoms with van der Waals surface area (Å²) >= 11 is 3.38. The summed E-state index contributed by atoms with van der Waals surface area (Å²) in [6, 6.07) is 5.70. The molecule has 0 fully saturated rings. The van der Waals surface area contributed by atoms with Crippen LogP contribution in [0.4, 0.5) is 0 Å². The normalized spacial score (nSPS) is 10.4. The molecular formula is C13H18BrNO2. The topological polar surface area (TPSA) is 40.5 Å². The van der Waals surface area contributed by atoms with Crippen molar-refractivity contribution in [3.63, 3.8) is 0 Å². The Morgan fingerprint density at radius 3 is 2.76 bits per heavy atom. The number of rotatable bonds is 5. The fourth-order valence-corrected chi connectivity index (χ4v) is 2.02. The van der Waals surface area contributed by atoms with E-state index in [0.717, 1.165) is 15.6 Å². The maximum absolute atomic E-state index is 12.3. The van der Waals surface area contributed by atoms with Gasteiger partial charge in [0.05, 0.1) is 0 Å². The molecule has 0 saturated heterocycles. The summed E-state index contributed by atoms with van der Waals surface area (Å²) in [5.41, 5.74) is 1.69. The summed E-state index contributed by atoms with van der Waals surface area (Å²) in [6.45, 7) is 5.24. The molecule has 0 aromatic heterocycles. The Morgan fingerprint density at radius 1 is 1.47 bits per heavy atom. The van der Waals surface area contributed by atoms with Gasteiger partial charge < -0.3 is 10.0 Å². The Balaban J connectivity index is 2.89. The van der Waals surface area contributed by atoms with Crippen LogP contribution in [-0.2, 0) is 0 Å². The molecule has 0 saturated carbocycles. The predicted molar refractivity (Wildman–Crippen MR) is 72.2 cm³/mol. The molecule has 0 spiro atoms. The number of nitrogens with zero attached hydrogens (tertiary/aromatic N) is 1. The van der Waals surface area contributed by atoms with Crippen LogP contribution in [-0.4, -0.2) is 35.6 Å². The number of halogens is 1. The van der Waals surface area contributed by atoms with Crippen LogP contribution in [0, 0.1) is 6.92 Å². The highest BCUT2D eigenvalue weighted by Gasteiger charge is 2.15. The average molecular weight is 300 g/mol. The van der Waals surface area contributed by atoms with Gasteiger partial charge in [-0.3, -0.25) is 4.79 Å². The Kier molecular flexibility index (Phi) is 5.65. The molecule has 1 aromatic rings. The van der Waals surface area contributed by atoms with E-state index >= 15 is 0 Å². The molecule has 0 unspecified atom stereocenters. The van der Waals surface area contributed by atoms with Crippen LogP contribution in [0.25, 0.3) is 0 Å². The first-order valence-electron chi connectivity index (χ1n) is 5.76. The number of carbonyl (C=O) groups is 1. The van der Waals surface area contributed by atoms with E-state index in [9.17, 15) is 4.79 Å². The highest BCUT2D eigenvalue weighted by atomic mass is 79.9. The smallest absolute Gasteiger partial charge is 0.254 e. The van der Waals surface area contributed by atoms with E-state index in [2.05, 4.69) is 15.9 Å². The predicted octanol–water partition coefficient (Wildman–Crippen LogP) is 2.60. The number of aliphatic hydroxyl groups excluding tert-OH is 1. The molecule has 0 radical (unpaired) electrons. The van der Waals surface area contributed by atoms with Gasteiger partial charge >= 0.3 is 0 Å². The molecular weight excluding hydrogens is 282 g/mol. The highest BCUT2D eigenvalue weighted by molar-refractivity contribution is 9.10. The molecule has 94 valence electrons. The minimum absolute atomic E-state index is 0.0275. The summed E-state index contributed by atoms with van der Waals surface area (Å²) < 4.78 is 0.907. The van der Waals surface area contributed by atoms with Gasteiger partial charge in [0.25, 0.3) is 5.91 Å². The number of benzene rings is 1. The summed E-state index contributed by atoms with van der Waals surface area (Å²) in [7, 11) is 0. The van der Waals surface area contributed by atoms with Crippen LogP contribution >= 0.6 is 15.9 Å². The lowest BCUT2D eigenvalue weighted by Gasteiger charge is -2.21. The molecule has 0 atom stereocenters. The number of hydrogen-bond acceptors (Lipinski definition) is 2. The summed E-state index contributed by atoms with van der Waals surface area (Å²) in [4.78, 5) is 14.0. The fraction of sp³-hybridized carbons (Fsp3) is 0.462. The number of aryl methyl sites for hydroxylation is 1.